The van der Waals surface area contributed by atoms with Crippen LogP contribution < -0.4 is 5.32 Å². The summed E-state index contributed by atoms with van der Waals surface area (Å²) in [6.07, 6.45) is 12.9. The standard InChI is InChI=1S/C16H28N2O/c1-18-12-6-5-9-15(18)10-11-16(19)17-13-14-7-3-2-4-8-14/h7,15H,2-6,8-13H2,1H3,(H,17,19)/t15-/m1/s1. The van der Waals surface area contributed by atoms with Gasteiger partial charge in [0, 0.05) is 19.0 Å². The number of carbonyl (C=O) groups excluding carboxylic acids is 1. The van der Waals surface area contributed by atoms with Crippen LogP contribution in [0.15, 0.2) is 11.6 Å². The molecule has 3 nitrogen and oxygen atoms in total. The van der Waals surface area contributed by atoms with Gasteiger partial charge in [-0.15, -0.1) is 0 Å². The second-order valence-electron chi connectivity index (χ2n) is 6.05. The lowest BCUT2D eigenvalue weighted by Crippen LogP contribution is -2.37. The summed E-state index contributed by atoms with van der Waals surface area (Å²) in [5.41, 5.74) is 1.43. The van der Waals surface area contributed by atoms with Gasteiger partial charge in [0.15, 0.2) is 0 Å². The smallest absolute Gasteiger partial charge is 0.220 e. The molecule has 0 bridgehead atoms. The molecule has 0 aromatic heterocycles. The molecule has 3 heteroatoms. The number of piperidine rings is 1. The first-order valence-corrected chi connectivity index (χ1v) is 7.90. The first-order valence-electron chi connectivity index (χ1n) is 7.90. The van der Waals surface area contributed by atoms with E-state index < -0.39 is 0 Å². The van der Waals surface area contributed by atoms with E-state index in [1.807, 2.05) is 0 Å². The monoisotopic (exact) mass is 264 g/mol. The van der Waals surface area contributed by atoms with E-state index in [9.17, 15) is 4.79 Å². The minimum atomic E-state index is 0.227. The highest BCUT2D eigenvalue weighted by molar-refractivity contribution is 5.76. The van der Waals surface area contributed by atoms with Crippen molar-refractivity contribution in [3.8, 4) is 0 Å². The van der Waals surface area contributed by atoms with Gasteiger partial charge in [0.05, 0.1) is 0 Å². The summed E-state index contributed by atoms with van der Waals surface area (Å²) < 4.78 is 0. The SMILES string of the molecule is CN1CCCC[C@@H]1CCC(=O)NCC1=CCCCC1. The van der Waals surface area contributed by atoms with E-state index in [0.717, 1.165) is 13.0 Å². The van der Waals surface area contributed by atoms with Crippen LogP contribution in [0.1, 0.15) is 57.8 Å². The first kappa shape index (κ1) is 14.6. The van der Waals surface area contributed by atoms with Crippen LogP contribution in [0, 0.1) is 0 Å². The summed E-state index contributed by atoms with van der Waals surface area (Å²) in [4.78, 5) is 14.3. The number of nitrogens with zero attached hydrogens (tertiary/aromatic N) is 1. The number of hydrogen-bond donors (Lipinski definition) is 1. The number of likely N-dealkylation sites (tertiary alicyclic amines) is 1. The lowest BCUT2D eigenvalue weighted by atomic mass is 9.98. The highest BCUT2D eigenvalue weighted by Crippen LogP contribution is 2.19. The number of amides is 1. The molecule has 1 amide bonds. The molecule has 2 aliphatic rings. The van der Waals surface area contributed by atoms with Crippen LogP contribution in [0.2, 0.25) is 0 Å². The second kappa shape index (κ2) is 7.68. The van der Waals surface area contributed by atoms with E-state index in [4.69, 9.17) is 0 Å². The zero-order valence-corrected chi connectivity index (χ0v) is 12.3. The van der Waals surface area contributed by atoms with Gasteiger partial charge in [-0.25, -0.2) is 0 Å². The van der Waals surface area contributed by atoms with Gasteiger partial charge in [-0.05, 0) is 58.5 Å². The van der Waals surface area contributed by atoms with Crippen molar-refractivity contribution in [3.63, 3.8) is 0 Å². The lowest BCUT2D eigenvalue weighted by Gasteiger charge is -2.32. The predicted octanol–water partition coefficient (Wildman–Crippen LogP) is 2.87. The van der Waals surface area contributed by atoms with Crippen LogP contribution in [-0.4, -0.2) is 37.0 Å². The zero-order valence-electron chi connectivity index (χ0n) is 12.3. The summed E-state index contributed by atoms with van der Waals surface area (Å²) in [6.45, 7) is 1.97. The third kappa shape index (κ3) is 4.98. The van der Waals surface area contributed by atoms with Crippen molar-refractivity contribution in [2.24, 2.45) is 0 Å². The van der Waals surface area contributed by atoms with Crippen molar-refractivity contribution >= 4 is 5.91 Å². The molecule has 0 radical (unpaired) electrons. The van der Waals surface area contributed by atoms with Crippen molar-refractivity contribution < 1.29 is 4.79 Å². The van der Waals surface area contributed by atoms with E-state index in [-0.39, 0.29) is 5.91 Å². The lowest BCUT2D eigenvalue weighted by molar-refractivity contribution is -0.121. The number of allylic oxidation sites excluding steroid dienone is 1. The van der Waals surface area contributed by atoms with Crippen molar-refractivity contribution in [3.05, 3.63) is 11.6 Å². The zero-order chi connectivity index (χ0) is 13.5. The maximum atomic E-state index is 11.9. The molecule has 1 aliphatic carbocycles. The molecule has 0 aromatic carbocycles. The van der Waals surface area contributed by atoms with Crippen LogP contribution in [0.25, 0.3) is 0 Å². The molecular formula is C16H28N2O. The third-order valence-electron chi connectivity index (χ3n) is 4.52. The van der Waals surface area contributed by atoms with Crippen LogP contribution in [0.4, 0.5) is 0 Å². The summed E-state index contributed by atoms with van der Waals surface area (Å²) in [5.74, 6) is 0.227. The summed E-state index contributed by atoms with van der Waals surface area (Å²) in [5, 5.41) is 3.08. The topological polar surface area (TPSA) is 32.3 Å². The van der Waals surface area contributed by atoms with Crippen LogP contribution in [0.3, 0.4) is 0 Å². The minimum absolute atomic E-state index is 0.227. The van der Waals surface area contributed by atoms with Crippen LogP contribution in [0.5, 0.6) is 0 Å². The van der Waals surface area contributed by atoms with Gasteiger partial charge in [-0.3, -0.25) is 4.79 Å². The van der Waals surface area contributed by atoms with E-state index in [1.165, 1.54) is 57.1 Å². The molecule has 108 valence electrons. The molecular weight excluding hydrogens is 236 g/mol. The minimum Gasteiger partial charge on any atom is -0.352 e. The molecule has 1 aliphatic heterocycles. The molecule has 2 rings (SSSR count). The highest BCUT2D eigenvalue weighted by atomic mass is 16.1. The molecule has 0 aromatic rings. The van der Waals surface area contributed by atoms with Crippen LogP contribution >= 0.6 is 0 Å². The largest absolute Gasteiger partial charge is 0.352 e. The Labute approximate surface area is 117 Å². The Kier molecular flexibility index (Phi) is 5.90. The Morgan fingerprint density at radius 2 is 2.26 bits per heavy atom. The van der Waals surface area contributed by atoms with Gasteiger partial charge in [-0.1, -0.05) is 18.1 Å². The Hall–Kier alpha value is -0.830. The average Bonchev–Trinajstić information content (AvgIpc) is 2.45. The Morgan fingerprint density at radius 1 is 1.37 bits per heavy atom. The molecule has 1 atom stereocenters. The highest BCUT2D eigenvalue weighted by Gasteiger charge is 2.19. The molecule has 0 spiro atoms. The van der Waals surface area contributed by atoms with E-state index in [1.54, 1.807) is 0 Å². The molecule has 0 unspecified atom stereocenters. The van der Waals surface area contributed by atoms with E-state index >= 15 is 0 Å². The van der Waals surface area contributed by atoms with Crippen molar-refractivity contribution in [1.29, 1.82) is 0 Å². The molecule has 1 N–H and O–H groups in total. The molecule has 19 heavy (non-hydrogen) atoms. The predicted molar refractivity (Wildman–Crippen MR) is 79.1 cm³/mol. The first-order chi connectivity index (χ1) is 9.25. The Morgan fingerprint density at radius 3 is 3.00 bits per heavy atom. The fourth-order valence-electron chi connectivity index (χ4n) is 3.17. The summed E-state index contributed by atoms with van der Waals surface area (Å²) in [7, 11) is 2.19. The normalized spacial score (nSPS) is 24.9. The van der Waals surface area contributed by atoms with Gasteiger partial charge in [0.1, 0.15) is 0 Å². The number of hydrogen-bond acceptors (Lipinski definition) is 2. The summed E-state index contributed by atoms with van der Waals surface area (Å²) in [6, 6.07) is 0.619. The second-order valence-corrected chi connectivity index (χ2v) is 6.05. The van der Waals surface area contributed by atoms with Gasteiger partial charge in [0.25, 0.3) is 0 Å². The third-order valence-corrected chi connectivity index (χ3v) is 4.52. The van der Waals surface area contributed by atoms with Gasteiger partial charge >= 0.3 is 0 Å². The molecule has 0 saturated carbocycles. The fourth-order valence-corrected chi connectivity index (χ4v) is 3.17. The average molecular weight is 264 g/mol. The number of rotatable bonds is 5. The Bertz CT molecular complexity index is 325. The fraction of sp³-hybridized carbons (Fsp3) is 0.812. The van der Waals surface area contributed by atoms with Crippen molar-refractivity contribution in [1.82, 2.24) is 10.2 Å². The number of nitrogens with one attached hydrogen (secondary N) is 1. The molecule has 1 fully saturated rings. The van der Waals surface area contributed by atoms with E-state index in [0.29, 0.717) is 12.5 Å². The maximum Gasteiger partial charge on any atom is 0.220 e. The van der Waals surface area contributed by atoms with E-state index in [2.05, 4.69) is 23.3 Å². The van der Waals surface area contributed by atoms with Crippen molar-refractivity contribution in [2.75, 3.05) is 20.1 Å². The quantitative estimate of drug-likeness (QED) is 0.774. The summed E-state index contributed by atoms with van der Waals surface area (Å²) >= 11 is 0. The van der Waals surface area contributed by atoms with Gasteiger partial charge < -0.3 is 10.2 Å². The Balaban J connectivity index is 1.62. The maximum absolute atomic E-state index is 11.9. The van der Waals surface area contributed by atoms with Crippen molar-refractivity contribution in [2.45, 2.75) is 63.8 Å². The van der Waals surface area contributed by atoms with Crippen LogP contribution in [-0.2, 0) is 4.79 Å². The molecule has 1 saturated heterocycles. The van der Waals surface area contributed by atoms with Gasteiger partial charge in [-0.2, -0.15) is 0 Å². The number of carbonyl (C=O) groups is 1. The molecule has 1 heterocycles. The van der Waals surface area contributed by atoms with Gasteiger partial charge in [0.2, 0.25) is 5.91 Å².